The number of rotatable bonds is 5. The number of pyridine rings is 1. The largest absolute Gasteiger partial charge is 0.370 e. The Kier molecular flexibility index (Phi) is 4.89. The van der Waals surface area contributed by atoms with Gasteiger partial charge in [0.15, 0.2) is 0 Å². The molecule has 4 heteroatoms. The maximum Gasteiger partial charge on any atom is 0.133 e. The van der Waals surface area contributed by atoms with Gasteiger partial charge in [-0.3, -0.25) is 4.98 Å². The van der Waals surface area contributed by atoms with Crippen molar-refractivity contribution in [3.63, 3.8) is 0 Å². The van der Waals surface area contributed by atoms with Gasteiger partial charge >= 0.3 is 0 Å². The molecule has 0 unspecified atom stereocenters. The monoisotopic (exact) mass is 284 g/mol. The Morgan fingerprint density at radius 1 is 1.19 bits per heavy atom. The Labute approximate surface area is 127 Å². The molecule has 112 valence electrons. The molecule has 2 aromatic rings. The highest BCUT2D eigenvalue weighted by Gasteiger charge is 2.14. The topological polar surface area (TPSA) is 50.7 Å². The molecule has 0 saturated carbocycles. The van der Waals surface area contributed by atoms with Gasteiger partial charge in [-0.15, -0.1) is 0 Å². The lowest BCUT2D eigenvalue weighted by atomic mass is 10.1. The summed E-state index contributed by atoms with van der Waals surface area (Å²) in [7, 11) is 0. The minimum Gasteiger partial charge on any atom is -0.370 e. The highest BCUT2D eigenvalue weighted by Crippen LogP contribution is 2.27. The van der Waals surface area contributed by atoms with Gasteiger partial charge in [-0.05, 0) is 32.4 Å². The molecule has 2 heterocycles. The molecule has 0 aromatic carbocycles. The maximum atomic E-state index is 4.77. The van der Waals surface area contributed by atoms with E-state index in [4.69, 9.17) is 4.98 Å². The first-order valence-corrected chi connectivity index (χ1v) is 7.58. The van der Waals surface area contributed by atoms with E-state index >= 15 is 0 Å². The smallest absolute Gasteiger partial charge is 0.133 e. The van der Waals surface area contributed by atoms with Crippen molar-refractivity contribution in [2.24, 2.45) is 0 Å². The number of aromatic nitrogens is 3. The van der Waals surface area contributed by atoms with E-state index in [1.807, 2.05) is 19.2 Å². The summed E-state index contributed by atoms with van der Waals surface area (Å²) in [5.74, 6) is 2.12. The van der Waals surface area contributed by atoms with Crippen LogP contribution in [0.2, 0.25) is 0 Å². The van der Waals surface area contributed by atoms with Crippen molar-refractivity contribution in [2.45, 2.75) is 47.0 Å². The lowest BCUT2D eigenvalue weighted by molar-refractivity contribution is 0.772. The molecule has 0 fully saturated rings. The highest BCUT2D eigenvalue weighted by atomic mass is 15.0. The van der Waals surface area contributed by atoms with Crippen molar-refractivity contribution in [1.82, 2.24) is 15.0 Å². The van der Waals surface area contributed by atoms with Crippen LogP contribution >= 0.6 is 0 Å². The zero-order valence-corrected chi connectivity index (χ0v) is 13.6. The standard InChI is InChI=1S/C17H24N4/c1-6-8-19-17-13(5)15(20-16(21-17)11(2)3)14-7-9-18-12(4)10-14/h7,9-11H,6,8H2,1-5H3,(H,19,20,21). The second kappa shape index (κ2) is 6.66. The predicted molar refractivity (Wildman–Crippen MR) is 87.6 cm³/mol. The summed E-state index contributed by atoms with van der Waals surface area (Å²) in [5.41, 5.74) is 4.19. The van der Waals surface area contributed by atoms with Crippen LogP contribution in [0.5, 0.6) is 0 Å². The van der Waals surface area contributed by atoms with Crippen molar-refractivity contribution in [3.05, 3.63) is 35.4 Å². The first-order chi connectivity index (χ1) is 10.0. The van der Waals surface area contributed by atoms with Crippen LogP contribution in [0.15, 0.2) is 18.3 Å². The summed E-state index contributed by atoms with van der Waals surface area (Å²) in [6.45, 7) is 11.4. The second-order valence-electron chi connectivity index (χ2n) is 5.67. The Morgan fingerprint density at radius 2 is 1.95 bits per heavy atom. The lowest BCUT2D eigenvalue weighted by Gasteiger charge is -2.15. The van der Waals surface area contributed by atoms with Gasteiger partial charge in [0.25, 0.3) is 0 Å². The van der Waals surface area contributed by atoms with Gasteiger partial charge in [0.05, 0.1) is 5.69 Å². The van der Waals surface area contributed by atoms with E-state index < -0.39 is 0 Å². The molecule has 0 aliphatic heterocycles. The summed E-state index contributed by atoms with van der Waals surface area (Å²) in [4.78, 5) is 13.7. The fourth-order valence-electron chi connectivity index (χ4n) is 2.18. The normalized spacial score (nSPS) is 11.0. The van der Waals surface area contributed by atoms with Crippen molar-refractivity contribution < 1.29 is 0 Å². The third-order valence-corrected chi connectivity index (χ3v) is 3.39. The lowest BCUT2D eigenvalue weighted by Crippen LogP contribution is -2.10. The Morgan fingerprint density at radius 3 is 2.57 bits per heavy atom. The van der Waals surface area contributed by atoms with E-state index in [2.05, 4.69) is 49.0 Å². The van der Waals surface area contributed by atoms with E-state index in [-0.39, 0.29) is 0 Å². The van der Waals surface area contributed by atoms with Gasteiger partial charge in [0, 0.05) is 35.5 Å². The van der Waals surface area contributed by atoms with Crippen molar-refractivity contribution in [1.29, 1.82) is 0 Å². The van der Waals surface area contributed by atoms with Crippen LogP contribution in [0.3, 0.4) is 0 Å². The molecule has 0 saturated heterocycles. The van der Waals surface area contributed by atoms with E-state index in [0.29, 0.717) is 5.92 Å². The van der Waals surface area contributed by atoms with E-state index in [0.717, 1.165) is 47.1 Å². The fraction of sp³-hybridized carbons (Fsp3) is 0.471. The van der Waals surface area contributed by atoms with E-state index in [1.54, 1.807) is 0 Å². The number of hydrogen-bond donors (Lipinski definition) is 1. The molecule has 0 radical (unpaired) electrons. The zero-order valence-electron chi connectivity index (χ0n) is 13.6. The van der Waals surface area contributed by atoms with E-state index in [9.17, 15) is 0 Å². The summed E-state index contributed by atoms with van der Waals surface area (Å²) in [6, 6.07) is 4.08. The Balaban J connectivity index is 2.55. The van der Waals surface area contributed by atoms with Crippen molar-refractivity contribution >= 4 is 5.82 Å². The van der Waals surface area contributed by atoms with E-state index in [1.165, 1.54) is 0 Å². The first-order valence-electron chi connectivity index (χ1n) is 7.58. The molecule has 4 nitrogen and oxygen atoms in total. The van der Waals surface area contributed by atoms with Crippen LogP contribution < -0.4 is 5.32 Å². The third kappa shape index (κ3) is 3.57. The summed E-state index contributed by atoms with van der Waals surface area (Å²) >= 11 is 0. The molecule has 0 aliphatic carbocycles. The molecule has 1 N–H and O–H groups in total. The van der Waals surface area contributed by atoms with Crippen molar-refractivity contribution in [2.75, 3.05) is 11.9 Å². The molecule has 0 atom stereocenters. The summed E-state index contributed by atoms with van der Waals surface area (Å²) in [5, 5.41) is 3.42. The highest BCUT2D eigenvalue weighted by molar-refractivity contribution is 5.68. The molecule has 0 amide bonds. The quantitative estimate of drug-likeness (QED) is 0.898. The van der Waals surface area contributed by atoms with Gasteiger partial charge < -0.3 is 5.32 Å². The number of hydrogen-bond acceptors (Lipinski definition) is 4. The number of anilines is 1. The van der Waals surface area contributed by atoms with Crippen LogP contribution in [0.25, 0.3) is 11.3 Å². The summed E-state index contributed by atoms with van der Waals surface area (Å²) < 4.78 is 0. The van der Waals surface area contributed by atoms with Crippen LogP contribution in [-0.2, 0) is 0 Å². The van der Waals surface area contributed by atoms with Crippen LogP contribution in [0.4, 0.5) is 5.82 Å². The number of nitrogens with zero attached hydrogens (tertiary/aromatic N) is 3. The molecular formula is C17H24N4. The Bertz CT molecular complexity index is 620. The second-order valence-corrected chi connectivity index (χ2v) is 5.67. The molecule has 21 heavy (non-hydrogen) atoms. The molecule has 2 rings (SSSR count). The Hall–Kier alpha value is -1.97. The molecule has 0 aliphatic rings. The van der Waals surface area contributed by atoms with Gasteiger partial charge in [0.1, 0.15) is 11.6 Å². The average Bonchev–Trinajstić information content (AvgIpc) is 2.46. The minimum absolute atomic E-state index is 0.300. The molecular weight excluding hydrogens is 260 g/mol. The summed E-state index contributed by atoms with van der Waals surface area (Å²) in [6.07, 6.45) is 2.91. The van der Waals surface area contributed by atoms with Crippen LogP contribution in [0.1, 0.15) is 50.2 Å². The van der Waals surface area contributed by atoms with Gasteiger partial charge in [-0.2, -0.15) is 0 Å². The first kappa shape index (κ1) is 15.4. The molecule has 2 aromatic heterocycles. The number of nitrogens with one attached hydrogen (secondary N) is 1. The van der Waals surface area contributed by atoms with Crippen LogP contribution in [-0.4, -0.2) is 21.5 Å². The zero-order chi connectivity index (χ0) is 15.4. The molecule has 0 bridgehead atoms. The SMILES string of the molecule is CCCNc1nc(C(C)C)nc(-c2ccnc(C)c2)c1C. The van der Waals surface area contributed by atoms with Gasteiger partial charge in [-0.25, -0.2) is 9.97 Å². The predicted octanol–water partition coefficient (Wildman–Crippen LogP) is 4.10. The van der Waals surface area contributed by atoms with Gasteiger partial charge in [0.2, 0.25) is 0 Å². The fourth-order valence-corrected chi connectivity index (χ4v) is 2.18. The maximum absolute atomic E-state index is 4.77. The van der Waals surface area contributed by atoms with Crippen molar-refractivity contribution in [3.8, 4) is 11.3 Å². The van der Waals surface area contributed by atoms with Crippen LogP contribution in [0, 0.1) is 13.8 Å². The average molecular weight is 284 g/mol. The van der Waals surface area contributed by atoms with Gasteiger partial charge in [-0.1, -0.05) is 20.8 Å². The number of aryl methyl sites for hydroxylation is 1. The molecule has 0 spiro atoms. The minimum atomic E-state index is 0.300. The third-order valence-electron chi connectivity index (χ3n) is 3.39.